The summed E-state index contributed by atoms with van der Waals surface area (Å²) in [7, 11) is 0. The molecule has 1 N–H and O–H groups in total. The second kappa shape index (κ2) is 10.6. The van der Waals surface area contributed by atoms with E-state index in [9.17, 15) is 14.7 Å². The number of aliphatic hydroxyl groups excluding tert-OH is 1. The Morgan fingerprint density at radius 2 is 1.71 bits per heavy atom. The Hall–Kier alpha value is -4.26. The highest BCUT2D eigenvalue weighted by atomic mass is 16.5. The zero-order valence-corrected chi connectivity index (χ0v) is 21.8. The molecule has 3 aromatic carbocycles. The molecule has 0 bridgehead atoms. The number of hydrogen-bond acceptors (Lipinski definition) is 6. The van der Waals surface area contributed by atoms with Crippen molar-refractivity contribution in [3.8, 4) is 17.2 Å². The molecule has 7 nitrogen and oxygen atoms in total. The van der Waals surface area contributed by atoms with Gasteiger partial charge in [-0.1, -0.05) is 36.4 Å². The number of Topliss-reactive ketones (excluding diaryl/α,β-unsaturated/α-hetero) is 1. The highest BCUT2D eigenvalue weighted by Crippen LogP contribution is 2.43. The summed E-state index contributed by atoms with van der Waals surface area (Å²) < 4.78 is 17.3. The Morgan fingerprint density at radius 1 is 0.974 bits per heavy atom. The van der Waals surface area contributed by atoms with Crippen LogP contribution in [0.2, 0.25) is 0 Å². The van der Waals surface area contributed by atoms with Crippen molar-refractivity contribution in [2.45, 2.75) is 45.9 Å². The van der Waals surface area contributed by atoms with Gasteiger partial charge in [0.2, 0.25) is 0 Å². The van der Waals surface area contributed by atoms with E-state index in [0.717, 1.165) is 16.9 Å². The van der Waals surface area contributed by atoms with Gasteiger partial charge in [0.05, 0.1) is 24.8 Å². The summed E-state index contributed by atoms with van der Waals surface area (Å²) in [5, 5.41) is 11.5. The topological polar surface area (TPSA) is 85.3 Å². The number of ketones is 1. The molecule has 0 aromatic heterocycles. The maximum absolute atomic E-state index is 13.5. The maximum Gasteiger partial charge on any atom is 0.295 e. The van der Waals surface area contributed by atoms with Crippen molar-refractivity contribution < 1.29 is 28.9 Å². The van der Waals surface area contributed by atoms with Gasteiger partial charge in [0, 0.05) is 18.5 Å². The lowest BCUT2D eigenvalue weighted by atomic mass is 9.94. The minimum atomic E-state index is -0.812. The van der Waals surface area contributed by atoms with Crippen LogP contribution in [-0.2, 0) is 22.6 Å². The first-order valence-corrected chi connectivity index (χ1v) is 12.9. The van der Waals surface area contributed by atoms with Crippen LogP contribution in [0, 0.1) is 0 Å². The SMILES string of the molecule is CCOc1ccc([C@H]2/C(=C(\O)c3ccc4c(c3)C[C@H](C)O4)C(=O)C(=O)N2Cc2ccccc2)cc1OCC. The van der Waals surface area contributed by atoms with Crippen LogP contribution in [0.25, 0.3) is 5.76 Å². The molecule has 3 aromatic rings. The zero-order valence-electron chi connectivity index (χ0n) is 21.8. The van der Waals surface area contributed by atoms with Crippen molar-refractivity contribution in [2.24, 2.45) is 0 Å². The largest absolute Gasteiger partial charge is 0.507 e. The molecule has 7 heteroatoms. The highest BCUT2D eigenvalue weighted by molar-refractivity contribution is 6.46. The number of ether oxygens (including phenoxy) is 3. The number of rotatable bonds is 8. The van der Waals surface area contributed by atoms with Crippen LogP contribution in [-0.4, -0.2) is 41.0 Å². The molecule has 0 aliphatic carbocycles. The van der Waals surface area contributed by atoms with Crippen LogP contribution in [0.5, 0.6) is 17.2 Å². The molecule has 0 spiro atoms. The maximum atomic E-state index is 13.5. The third-order valence-electron chi connectivity index (χ3n) is 6.79. The lowest BCUT2D eigenvalue weighted by molar-refractivity contribution is -0.140. The summed E-state index contributed by atoms with van der Waals surface area (Å²) in [6.07, 6.45) is 0.749. The molecular weight excluding hydrogens is 482 g/mol. The average molecular weight is 514 g/mol. The van der Waals surface area contributed by atoms with E-state index in [1.54, 1.807) is 24.3 Å². The summed E-state index contributed by atoms with van der Waals surface area (Å²) in [4.78, 5) is 28.4. The fourth-order valence-electron chi connectivity index (χ4n) is 5.13. The lowest BCUT2D eigenvalue weighted by Crippen LogP contribution is -2.29. The predicted molar refractivity (Wildman–Crippen MR) is 143 cm³/mol. The van der Waals surface area contributed by atoms with Crippen molar-refractivity contribution in [3.05, 3.63) is 94.6 Å². The molecule has 5 rings (SSSR count). The number of hydrogen-bond donors (Lipinski definition) is 1. The van der Waals surface area contributed by atoms with Crippen LogP contribution < -0.4 is 14.2 Å². The average Bonchev–Trinajstić information content (AvgIpc) is 3.41. The second-order valence-electron chi connectivity index (χ2n) is 9.44. The van der Waals surface area contributed by atoms with Gasteiger partial charge in [0.1, 0.15) is 17.6 Å². The first-order valence-electron chi connectivity index (χ1n) is 12.9. The van der Waals surface area contributed by atoms with Crippen LogP contribution in [0.3, 0.4) is 0 Å². The minimum absolute atomic E-state index is 0.0414. The van der Waals surface area contributed by atoms with Gasteiger partial charge in [0.25, 0.3) is 11.7 Å². The minimum Gasteiger partial charge on any atom is -0.507 e. The van der Waals surface area contributed by atoms with Gasteiger partial charge in [-0.25, -0.2) is 0 Å². The molecule has 0 unspecified atom stereocenters. The molecule has 1 amide bonds. The monoisotopic (exact) mass is 513 g/mol. The molecule has 1 fully saturated rings. The quantitative estimate of drug-likeness (QED) is 0.246. The number of amides is 1. The molecule has 2 aliphatic heterocycles. The number of nitrogens with zero attached hydrogens (tertiary/aromatic N) is 1. The van der Waals surface area contributed by atoms with Gasteiger partial charge in [0.15, 0.2) is 11.5 Å². The van der Waals surface area contributed by atoms with Crippen molar-refractivity contribution in [2.75, 3.05) is 13.2 Å². The molecule has 2 atom stereocenters. The molecule has 196 valence electrons. The standard InChI is InChI=1S/C31H31NO6/c1-4-36-25-14-11-21(17-26(25)37-5-2)28-27(29(33)22-12-13-24-23(16-22)15-19(3)38-24)30(34)31(35)32(28)18-20-9-7-6-8-10-20/h6-14,16-17,19,28,33H,4-5,15,18H2,1-3H3/b29-27+/t19-,28-/m0/s1. The molecule has 0 saturated carbocycles. The number of carbonyl (C=O) groups excluding carboxylic acids is 2. The van der Waals surface area contributed by atoms with Crippen LogP contribution >= 0.6 is 0 Å². The molecule has 1 saturated heterocycles. The molecule has 2 heterocycles. The van der Waals surface area contributed by atoms with Gasteiger partial charge in [-0.3, -0.25) is 9.59 Å². The number of aliphatic hydroxyl groups is 1. The van der Waals surface area contributed by atoms with E-state index < -0.39 is 17.7 Å². The highest BCUT2D eigenvalue weighted by Gasteiger charge is 2.46. The summed E-state index contributed by atoms with van der Waals surface area (Å²) in [5.74, 6) is 0.263. The summed E-state index contributed by atoms with van der Waals surface area (Å²) in [6.45, 7) is 6.84. The second-order valence-corrected chi connectivity index (χ2v) is 9.44. The van der Waals surface area contributed by atoms with Gasteiger partial charge >= 0.3 is 0 Å². The summed E-state index contributed by atoms with van der Waals surface area (Å²) in [5.41, 5.74) is 2.99. The Labute approximate surface area is 222 Å². The lowest BCUT2D eigenvalue weighted by Gasteiger charge is -2.26. The molecule has 2 aliphatic rings. The van der Waals surface area contributed by atoms with Gasteiger partial charge in [-0.05, 0) is 67.8 Å². The first-order chi connectivity index (χ1) is 18.4. The predicted octanol–water partition coefficient (Wildman–Crippen LogP) is 5.43. The van der Waals surface area contributed by atoms with Crippen LogP contribution in [0.4, 0.5) is 0 Å². The number of carbonyl (C=O) groups is 2. The molecule has 0 radical (unpaired) electrons. The fraction of sp³-hybridized carbons (Fsp3) is 0.290. The molecule has 38 heavy (non-hydrogen) atoms. The summed E-state index contributed by atoms with van der Waals surface area (Å²) in [6, 6.07) is 19.4. The van der Waals surface area contributed by atoms with E-state index in [4.69, 9.17) is 14.2 Å². The van der Waals surface area contributed by atoms with E-state index in [2.05, 4.69) is 0 Å². The van der Waals surface area contributed by atoms with Crippen molar-refractivity contribution in [1.29, 1.82) is 0 Å². The fourth-order valence-corrected chi connectivity index (χ4v) is 5.13. The first kappa shape index (κ1) is 25.4. The van der Waals surface area contributed by atoms with E-state index >= 15 is 0 Å². The third kappa shape index (κ3) is 4.72. The normalized spacial score (nSPS) is 19.8. The van der Waals surface area contributed by atoms with Crippen molar-refractivity contribution in [3.63, 3.8) is 0 Å². The van der Waals surface area contributed by atoms with E-state index in [0.29, 0.717) is 42.3 Å². The number of benzene rings is 3. The van der Waals surface area contributed by atoms with Gasteiger partial charge in [-0.15, -0.1) is 0 Å². The molecular formula is C31H31NO6. The van der Waals surface area contributed by atoms with Crippen molar-refractivity contribution >= 4 is 17.4 Å². The Morgan fingerprint density at radius 3 is 2.45 bits per heavy atom. The van der Waals surface area contributed by atoms with E-state index in [-0.39, 0.29) is 24.0 Å². The zero-order chi connectivity index (χ0) is 26.8. The van der Waals surface area contributed by atoms with Crippen LogP contribution in [0.15, 0.2) is 72.3 Å². The van der Waals surface area contributed by atoms with E-state index in [1.165, 1.54) is 4.90 Å². The van der Waals surface area contributed by atoms with Gasteiger partial charge in [-0.2, -0.15) is 0 Å². The summed E-state index contributed by atoms with van der Waals surface area (Å²) >= 11 is 0. The Kier molecular flexibility index (Phi) is 7.09. The Balaban J connectivity index is 1.65. The van der Waals surface area contributed by atoms with E-state index in [1.807, 2.05) is 63.2 Å². The van der Waals surface area contributed by atoms with Crippen LogP contribution in [0.1, 0.15) is 49.1 Å². The number of fused-ring (bicyclic) bond motifs is 1. The number of likely N-dealkylation sites (tertiary alicyclic amines) is 1. The third-order valence-corrected chi connectivity index (χ3v) is 6.79. The van der Waals surface area contributed by atoms with Gasteiger partial charge < -0.3 is 24.2 Å². The van der Waals surface area contributed by atoms with Crippen molar-refractivity contribution in [1.82, 2.24) is 4.90 Å². The smallest absolute Gasteiger partial charge is 0.295 e. The Bertz CT molecular complexity index is 1400.